The number of carbonyl (C=O) groups is 3. The minimum absolute atomic E-state index is 0.0610. The normalized spacial score (nSPS) is 12.4. The maximum Gasteiger partial charge on any atom is 0.306 e. The summed E-state index contributed by atoms with van der Waals surface area (Å²) in [5.74, 6) is 0.946. The van der Waals surface area contributed by atoms with Gasteiger partial charge in [0.05, 0.1) is 0 Å². The molecule has 6 heteroatoms. The third kappa shape index (κ3) is 63.6. The van der Waals surface area contributed by atoms with Crippen LogP contribution in [0, 0.1) is 11.8 Å². The van der Waals surface area contributed by atoms with Gasteiger partial charge in [-0.3, -0.25) is 14.4 Å². The molecular formula is C72H140O6. The molecule has 0 aliphatic carbocycles. The highest BCUT2D eigenvalue weighted by atomic mass is 16.6. The summed E-state index contributed by atoms with van der Waals surface area (Å²) in [4.78, 5) is 38.5. The molecule has 464 valence electrons. The Morgan fingerprint density at radius 1 is 0.269 bits per heavy atom. The first-order valence-corrected chi connectivity index (χ1v) is 35.8. The average Bonchev–Trinajstić information content (AvgIpc) is 3.43. The van der Waals surface area contributed by atoms with Gasteiger partial charge < -0.3 is 14.2 Å². The van der Waals surface area contributed by atoms with Crippen LogP contribution in [-0.2, 0) is 28.6 Å². The molecule has 0 aromatic rings. The molecule has 0 heterocycles. The SMILES string of the molecule is CCCCCCCCCCCCCCCCCCCC(=O)OC[C@@H](COC(=O)CCCCCCCCCCCCCCCCCCCCC(C)CC)OC(=O)CCCCCCCCCCCCCCCCCCCCC(C)C. The van der Waals surface area contributed by atoms with Crippen LogP contribution in [0.1, 0.15) is 413 Å². The van der Waals surface area contributed by atoms with Crippen LogP contribution in [0.3, 0.4) is 0 Å². The van der Waals surface area contributed by atoms with E-state index in [2.05, 4.69) is 34.6 Å². The van der Waals surface area contributed by atoms with Crippen molar-refractivity contribution in [2.45, 2.75) is 420 Å². The van der Waals surface area contributed by atoms with Crippen molar-refractivity contribution in [2.24, 2.45) is 11.8 Å². The van der Waals surface area contributed by atoms with E-state index in [4.69, 9.17) is 14.2 Å². The Labute approximate surface area is 488 Å². The molecule has 1 unspecified atom stereocenters. The van der Waals surface area contributed by atoms with Crippen molar-refractivity contribution in [1.29, 1.82) is 0 Å². The highest BCUT2D eigenvalue weighted by Gasteiger charge is 2.20. The van der Waals surface area contributed by atoms with E-state index in [1.165, 1.54) is 302 Å². The number of esters is 3. The van der Waals surface area contributed by atoms with E-state index in [9.17, 15) is 14.4 Å². The number of unbranched alkanes of at least 4 members (excludes halogenated alkanes) is 50. The summed E-state index contributed by atoms with van der Waals surface area (Å²) >= 11 is 0. The van der Waals surface area contributed by atoms with Gasteiger partial charge in [-0.1, -0.05) is 375 Å². The van der Waals surface area contributed by atoms with E-state index in [-0.39, 0.29) is 31.1 Å². The Morgan fingerprint density at radius 2 is 0.487 bits per heavy atom. The van der Waals surface area contributed by atoms with Crippen LogP contribution in [0.25, 0.3) is 0 Å². The fourth-order valence-electron chi connectivity index (χ4n) is 11.3. The van der Waals surface area contributed by atoms with Gasteiger partial charge in [0.15, 0.2) is 6.10 Å². The second-order valence-electron chi connectivity index (χ2n) is 25.6. The Bertz CT molecular complexity index is 1200. The predicted octanol–water partition coefficient (Wildman–Crippen LogP) is 24.3. The molecule has 78 heavy (non-hydrogen) atoms. The van der Waals surface area contributed by atoms with Gasteiger partial charge >= 0.3 is 17.9 Å². The Hall–Kier alpha value is -1.59. The fraction of sp³-hybridized carbons (Fsp3) is 0.958. The van der Waals surface area contributed by atoms with Crippen LogP contribution in [0.4, 0.5) is 0 Å². The number of ether oxygens (including phenoxy) is 3. The summed E-state index contributed by atoms with van der Waals surface area (Å²) in [6, 6.07) is 0. The van der Waals surface area contributed by atoms with Crippen molar-refractivity contribution >= 4 is 17.9 Å². The lowest BCUT2D eigenvalue weighted by molar-refractivity contribution is -0.167. The molecule has 0 aromatic heterocycles. The van der Waals surface area contributed by atoms with Gasteiger partial charge in [0.2, 0.25) is 0 Å². The summed E-state index contributed by atoms with van der Waals surface area (Å²) in [5, 5.41) is 0. The first kappa shape index (κ1) is 76.4. The van der Waals surface area contributed by atoms with Crippen LogP contribution < -0.4 is 0 Å². The fourth-order valence-corrected chi connectivity index (χ4v) is 11.3. The summed E-state index contributed by atoms with van der Waals surface area (Å²) in [6.07, 6.45) is 74.0. The van der Waals surface area contributed by atoms with Gasteiger partial charge in [0.25, 0.3) is 0 Å². The summed E-state index contributed by atoms with van der Waals surface area (Å²) in [5.41, 5.74) is 0. The largest absolute Gasteiger partial charge is 0.462 e. The standard InChI is InChI=1S/C72H140O6/c1-6-8-9-10-11-12-13-14-15-20-27-32-37-42-47-52-57-62-70(73)76-65-69(78-72(75)64-59-54-49-44-39-34-29-24-18-16-21-25-30-35-40-45-50-55-60-67(3)4)66-77-71(74)63-58-53-48-43-38-33-28-23-19-17-22-26-31-36-41-46-51-56-61-68(5)7-2/h67-69H,6-66H2,1-5H3/t68?,69-/m0/s1. The van der Waals surface area contributed by atoms with Crippen molar-refractivity contribution in [3.8, 4) is 0 Å². The molecule has 0 bridgehead atoms. The molecule has 0 saturated carbocycles. The molecule has 2 atom stereocenters. The second kappa shape index (κ2) is 64.6. The average molecular weight is 1100 g/mol. The minimum atomic E-state index is -0.765. The smallest absolute Gasteiger partial charge is 0.306 e. The molecule has 0 spiro atoms. The Morgan fingerprint density at radius 3 is 0.731 bits per heavy atom. The topological polar surface area (TPSA) is 78.9 Å². The molecule has 0 aromatic carbocycles. The lowest BCUT2D eigenvalue weighted by Crippen LogP contribution is -2.30. The summed E-state index contributed by atoms with van der Waals surface area (Å²) in [6.45, 7) is 11.5. The highest BCUT2D eigenvalue weighted by molar-refractivity contribution is 5.71. The monoisotopic (exact) mass is 1100 g/mol. The quantitative estimate of drug-likeness (QED) is 0.0343. The maximum atomic E-state index is 13.0. The Kier molecular flexibility index (Phi) is 63.3. The van der Waals surface area contributed by atoms with Gasteiger partial charge in [-0.2, -0.15) is 0 Å². The van der Waals surface area contributed by atoms with E-state index in [0.717, 1.165) is 69.6 Å². The maximum absolute atomic E-state index is 13.0. The van der Waals surface area contributed by atoms with Crippen LogP contribution >= 0.6 is 0 Å². The molecule has 0 rings (SSSR count). The zero-order valence-electron chi connectivity index (χ0n) is 53.8. The highest BCUT2D eigenvalue weighted by Crippen LogP contribution is 2.20. The van der Waals surface area contributed by atoms with E-state index >= 15 is 0 Å². The van der Waals surface area contributed by atoms with E-state index < -0.39 is 6.10 Å². The van der Waals surface area contributed by atoms with E-state index in [1.807, 2.05) is 0 Å². The zero-order valence-corrected chi connectivity index (χ0v) is 53.8. The molecule has 0 fully saturated rings. The van der Waals surface area contributed by atoms with Gasteiger partial charge in [0, 0.05) is 19.3 Å². The first-order chi connectivity index (χ1) is 38.3. The third-order valence-electron chi connectivity index (χ3n) is 17.1. The van der Waals surface area contributed by atoms with Gasteiger partial charge in [-0.15, -0.1) is 0 Å². The molecule has 6 nitrogen and oxygen atoms in total. The molecular weight excluding hydrogens is 961 g/mol. The van der Waals surface area contributed by atoms with Crippen LogP contribution in [0.15, 0.2) is 0 Å². The second-order valence-corrected chi connectivity index (χ2v) is 25.6. The number of hydrogen-bond acceptors (Lipinski definition) is 6. The molecule has 0 saturated heterocycles. The first-order valence-electron chi connectivity index (χ1n) is 35.8. The van der Waals surface area contributed by atoms with Crippen molar-refractivity contribution in [2.75, 3.05) is 13.2 Å². The summed E-state index contributed by atoms with van der Waals surface area (Å²) in [7, 11) is 0. The van der Waals surface area contributed by atoms with E-state index in [1.54, 1.807) is 0 Å². The lowest BCUT2D eigenvalue weighted by atomic mass is 9.99. The van der Waals surface area contributed by atoms with Gasteiger partial charge in [-0.25, -0.2) is 0 Å². The van der Waals surface area contributed by atoms with Crippen LogP contribution in [0.5, 0.6) is 0 Å². The Balaban J connectivity index is 4.27. The zero-order chi connectivity index (χ0) is 56.7. The predicted molar refractivity (Wildman–Crippen MR) is 340 cm³/mol. The van der Waals surface area contributed by atoms with Gasteiger partial charge in [-0.05, 0) is 31.1 Å². The third-order valence-corrected chi connectivity index (χ3v) is 17.1. The molecule has 0 amide bonds. The van der Waals surface area contributed by atoms with Crippen molar-refractivity contribution < 1.29 is 28.6 Å². The molecule has 0 radical (unpaired) electrons. The molecule has 0 N–H and O–H groups in total. The number of rotatable bonds is 66. The molecule has 0 aliphatic heterocycles. The van der Waals surface area contributed by atoms with Crippen molar-refractivity contribution in [3.05, 3.63) is 0 Å². The summed E-state index contributed by atoms with van der Waals surface area (Å²) < 4.78 is 17.0. The minimum Gasteiger partial charge on any atom is -0.462 e. The van der Waals surface area contributed by atoms with Crippen molar-refractivity contribution in [3.63, 3.8) is 0 Å². The number of carbonyl (C=O) groups excluding carboxylic acids is 3. The number of hydrogen-bond donors (Lipinski definition) is 0. The van der Waals surface area contributed by atoms with Crippen molar-refractivity contribution in [1.82, 2.24) is 0 Å². The van der Waals surface area contributed by atoms with E-state index in [0.29, 0.717) is 19.3 Å². The van der Waals surface area contributed by atoms with Crippen LogP contribution in [0.2, 0.25) is 0 Å². The lowest BCUT2D eigenvalue weighted by Gasteiger charge is -2.18. The van der Waals surface area contributed by atoms with Crippen LogP contribution in [-0.4, -0.2) is 37.2 Å². The van der Waals surface area contributed by atoms with Gasteiger partial charge in [0.1, 0.15) is 13.2 Å². The molecule has 0 aliphatic rings.